The van der Waals surface area contributed by atoms with Gasteiger partial charge in [-0.2, -0.15) is 0 Å². The fourth-order valence-electron chi connectivity index (χ4n) is 3.19. The minimum absolute atomic E-state index is 0.106. The zero-order valence-electron chi connectivity index (χ0n) is 15.9. The Kier molecular flexibility index (Phi) is 6.64. The van der Waals surface area contributed by atoms with Crippen molar-refractivity contribution in [3.8, 4) is 5.75 Å². The van der Waals surface area contributed by atoms with Crippen LogP contribution in [0.4, 0.5) is 15.8 Å². The summed E-state index contributed by atoms with van der Waals surface area (Å²) in [5.41, 5.74) is 0.619. The first-order chi connectivity index (χ1) is 13.7. The second kappa shape index (κ2) is 9.00. The van der Waals surface area contributed by atoms with Crippen molar-refractivity contribution in [2.45, 2.75) is 31.8 Å². The molecular weight excluding hydrogens is 419 g/mol. The van der Waals surface area contributed by atoms with Gasteiger partial charge in [0.1, 0.15) is 18.1 Å². The van der Waals surface area contributed by atoms with Gasteiger partial charge in [0.25, 0.3) is 0 Å². The van der Waals surface area contributed by atoms with Crippen molar-refractivity contribution in [1.82, 2.24) is 0 Å². The maximum absolute atomic E-state index is 13.4. The number of nitrogens with one attached hydrogen (secondary N) is 1. The Bertz CT molecular complexity index is 976. The Hall–Kier alpha value is -2.32. The molecule has 1 aliphatic carbocycles. The SMILES string of the molecule is CS(=O)(=O)N(CC(=O)Nc1ccc(OC2CCCC2)cc1)c1ccc(F)c(Cl)c1. The predicted molar refractivity (Wildman–Crippen MR) is 112 cm³/mol. The number of ether oxygens (including phenoxy) is 1. The number of hydrogen-bond donors (Lipinski definition) is 1. The van der Waals surface area contributed by atoms with Gasteiger partial charge in [-0.05, 0) is 68.1 Å². The van der Waals surface area contributed by atoms with Gasteiger partial charge in [-0.3, -0.25) is 9.10 Å². The molecule has 1 fully saturated rings. The summed E-state index contributed by atoms with van der Waals surface area (Å²) in [4.78, 5) is 12.4. The number of carbonyl (C=O) groups excluding carboxylic acids is 1. The first kappa shape index (κ1) is 21.4. The Balaban J connectivity index is 1.66. The number of halogens is 2. The van der Waals surface area contributed by atoms with Gasteiger partial charge in [-0.15, -0.1) is 0 Å². The van der Waals surface area contributed by atoms with Crippen LogP contribution in [0, 0.1) is 5.82 Å². The van der Waals surface area contributed by atoms with E-state index in [0.29, 0.717) is 5.69 Å². The predicted octanol–water partition coefficient (Wildman–Crippen LogP) is 4.21. The van der Waals surface area contributed by atoms with Crippen LogP contribution >= 0.6 is 11.6 Å². The molecule has 1 amide bonds. The van der Waals surface area contributed by atoms with E-state index in [1.54, 1.807) is 24.3 Å². The molecule has 2 aromatic rings. The molecule has 2 aromatic carbocycles. The van der Waals surface area contributed by atoms with Crippen molar-refractivity contribution >= 4 is 38.9 Å². The molecule has 0 unspecified atom stereocenters. The molecule has 0 spiro atoms. The second-order valence-electron chi connectivity index (χ2n) is 6.96. The molecule has 0 bridgehead atoms. The highest BCUT2D eigenvalue weighted by Gasteiger charge is 2.22. The van der Waals surface area contributed by atoms with E-state index in [9.17, 15) is 17.6 Å². The van der Waals surface area contributed by atoms with Gasteiger partial charge >= 0.3 is 0 Å². The van der Waals surface area contributed by atoms with Crippen LogP contribution in [0.1, 0.15) is 25.7 Å². The molecule has 0 atom stereocenters. The maximum Gasteiger partial charge on any atom is 0.245 e. The first-order valence-electron chi connectivity index (χ1n) is 9.22. The van der Waals surface area contributed by atoms with E-state index in [1.165, 1.54) is 25.0 Å². The molecule has 9 heteroatoms. The van der Waals surface area contributed by atoms with Crippen molar-refractivity contribution in [2.24, 2.45) is 0 Å². The summed E-state index contributed by atoms with van der Waals surface area (Å²) in [6.07, 6.45) is 5.65. The van der Waals surface area contributed by atoms with Gasteiger partial charge < -0.3 is 10.1 Å². The number of sulfonamides is 1. The lowest BCUT2D eigenvalue weighted by Crippen LogP contribution is -2.37. The third-order valence-corrected chi connectivity index (χ3v) is 6.05. The van der Waals surface area contributed by atoms with Crippen molar-refractivity contribution < 1.29 is 22.3 Å². The van der Waals surface area contributed by atoms with Gasteiger partial charge in [0, 0.05) is 5.69 Å². The van der Waals surface area contributed by atoms with E-state index < -0.39 is 28.3 Å². The molecule has 0 radical (unpaired) electrons. The van der Waals surface area contributed by atoms with E-state index in [4.69, 9.17) is 16.3 Å². The largest absolute Gasteiger partial charge is 0.490 e. The van der Waals surface area contributed by atoms with Gasteiger partial charge in [-0.25, -0.2) is 12.8 Å². The lowest BCUT2D eigenvalue weighted by molar-refractivity contribution is -0.114. The molecule has 0 heterocycles. The zero-order valence-corrected chi connectivity index (χ0v) is 17.5. The molecule has 1 N–H and O–H groups in total. The highest BCUT2D eigenvalue weighted by Crippen LogP contribution is 2.26. The Labute approximate surface area is 174 Å². The summed E-state index contributed by atoms with van der Waals surface area (Å²) >= 11 is 5.74. The van der Waals surface area contributed by atoms with Crippen LogP contribution in [0.15, 0.2) is 42.5 Å². The fourth-order valence-corrected chi connectivity index (χ4v) is 4.21. The van der Waals surface area contributed by atoms with E-state index in [0.717, 1.165) is 35.2 Å². The molecule has 1 saturated carbocycles. The average Bonchev–Trinajstić information content (AvgIpc) is 3.16. The molecular formula is C20H22ClFN2O4S. The smallest absolute Gasteiger partial charge is 0.245 e. The summed E-state index contributed by atoms with van der Waals surface area (Å²) in [6, 6.07) is 10.4. The number of amides is 1. The van der Waals surface area contributed by atoms with Crippen LogP contribution in [0.3, 0.4) is 0 Å². The number of hydrogen-bond acceptors (Lipinski definition) is 4. The number of anilines is 2. The van der Waals surface area contributed by atoms with Crippen LogP contribution in [-0.4, -0.2) is 33.2 Å². The number of nitrogens with zero attached hydrogens (tertiary/aromatic N) is 1. The first-order valence-corrected chi connectivity index (χ1v) is 11.4. The molecule has 0 aliphatic heterocycles. The quantitative estimate of drug-likeness (QED) is 0.699. The summed E-state index contributed by atoms with van der Waals surface area (Å²) in [5, 5.41) is 2.43. The normalized spacial score (nSPS) is 14.6. The molecule has 1 aliphatic rings. The monoisotopic (exact) mass is 440 g/mol. The van der Waals surface area contributed by atoms with E-state index >= 15 is 0 Å². The number of benzene rings is 2. The Morgan fingerprint density at radius 3 is 2.45 bits per heavy atom. The highest BCUT2D eigenvalue weighted by molar-refractivity contribution is 7.92. The van der Waals surface area contributed by atoms with Crippen LogP contribution in [0.5, 0.6) is 5.75 Å². The summed E-state index contributed by atoms with van der Waals surface area (Å²) in [7, 11) is -3.78. The highest BCUT2D eigenvalue weighted by atomic mass is 35.5. The Morgan fingerprint density at radius 2 is 1.86 bits per heavy atom. The number of carbonyl (C=O) groups is 1. The molecule has 0 aromatic heterocycles. The van der Waals surface area contributed by atoms with Gasteiger partial charge in [0.05, 0.1) is 23.1 Å². The van der Waals surface area contributed by atoms with Crippen LogP contribution in [0.25, 0.3) is 0 Å². The standard InChI is InChI=1S/C20H22ClFN2O4S/c1-29(26,27)24(15-8-11-19(22)18(21)12-15)13-20(25)23-14-6-9-17(10-7-14)28-16-4-2-3-5-16/h6-12,16H,2-5,13H2,1H3,(H,23,25). The average molecular weight is 441 g/mol. The van der Waals surface area contributed by atoms with Crippen molar-refractivity contribution in [3.05, 3.63) is 53.3 Å². The van der Waals surface area contributed by atoms with Crippen molar-refractivity contribution in [3.63, 3.8) is 0 Å². The molecule has 6 nitrogen and oxygen atoms in total. The topological polar surface area (TPSA) is 75.7 Å². The van der Waals surface area contributed by atoms with Crippen LogP contribution < -0.4 is 14.4 Å². The Morgan fingerprint density at radius 1 is 1.21 bits per heavy atom. The van der Waals surface area contributed by atoms with E-state index in [2.05, 4.69) is 5.32 Å². The lowest BCUT2D eigenvalue weighted by atomic mass is 10.2. The molecule has 0 saturated heterocycles. The zero-order chi connectivity index (χ0) is 21.0. The summed E-state index contributed by atoms with van der Waals surface area (Å²) < 4.78 is 44.4. The molecule has 29 heavy (non-hydrogen) atoms. The minimum atomic E-state index is -3.78. The third kappa shape index (κ3) is 5.83. The van der Waals surface area contributed by atoms with Crippen molar-refractivity contribution in [2.75, 3.05) is 22.4 Å². The van der Waals surface area contributed by atoms with E-state index in [-0.39, 0.29) is 16.8 Å². The lowest BCUT2D eigenvalue weighted by Gasteiger charge is -2.22. The minimum Gasteiger partial charge on any atom is -0.490 e. The number of rotatable bonds is 7. The van der Waals surface area contributed by atoms with E-state index in [1.807, 2.05) is 0 Å². The van der Waals surface area contributed by atoms with Gasteiger partial charge in [-0.1, -0.05) is 11.6 Å². The fraction of sp³-hybridized carbons (Fsp3) is 0.350. The molecule has 3 rings (SSSR count). The second-order valence-corrected chi connectivity index (χ2v) is 9.28. The molecule has 156 valence electrons. The van der Waals surface area contributed by atoms with Gasteiger partial charge in [0.15, 0.2) is 0 Å². The third-order valence-electron chi connectivity index (χ3n) is 4.62. The van der Waals surface area contributed by atoms with Crippen molar-refractivity contribution in [1.29, 1.82) is 0 Å². The van der Waals surface area contributed by atoms with Crippen LogP contribution in [0.2, 0.25) is 5.02 Å². The summed E-state index contributed by atoms with van der Waals surface area (Å²) in [6.45, 7) is -0.471. The maximum atomic E-state index is 13.4. The van der Waals surface area contributed by atoms with Crippen LogP contribution in [-0.2, 0) is 14.8 Å². The van der Waals surface area contributed by atoms with Gasteiger partial charge in [0.2, 0.25) is 15.9 Å². The summed E-state index contributed by atoms with van der Waals surface area (Å²) in [5.74, 6) is -0.484.